The van der Waals surface area contributed by atoms with Crippen molar-refractivity contribution in [3.63, 3.8) is 0 Å². The van der Waals surface area contributed by atoms with Crippen molar-refractivity contribution in [3.05, 3.63) is 0 Å². The van der Waals surface area contributed by atoms with E-state index in [1.165, 1.54) is 0 Å². The molecule has 2 saturated carbocycles. The Morgan fingerprint density at radius 3 is 1.50 bits per heavy atom. The summed E-state index contributed by atoms with van der Waals surface area (Å²) in [5.74, 6) is -30.4. The summed E-state index contributed by atoms with van der Waals surface area (Å²) in [6.07, 6.45) is -2.47. The van der Waals surface area contributed by atoms with Gasteiger partial charge in [-0.15, -0.1) is 0 Å². The van der Waals surface area contributed by atoms with E-state index in [2.05, 4.69) is 0 Å². The van der Waals surface area contributed by atoms with E-state index in [0.29, 0.717) is 0 Å². The molecule has 0 aromatic heterocycles. The van der Waals surface area contributed by atoms with Crippen LogP contribution in [0.15, 0.2) is 0 Å². The molecule has 2 nitrogen and oxygen atoms in total. The van der Waals surface area contributed by atoms with Crippen molar-refractivity contribution in [1.82, 2.24) is 0 Å². The fourth-order valence-corrected chi connectivity index (χ4v) is 3.64. The van der Waals surface area contributed by atoms with Gasteiger partial charge in [0.25, 0.3) is 11.8 Å². The van der Waals surface area contributed by atoms with Gasteiger partial charge in [-0.3, -0.25) is 4.39 Å². The van der Waals surface area contributed by atoms with Crippen LogP contribution in [0.5, 0.6) is 0 Å². The predicted molar refractivity (Wildman–Crippen MR) is 57.6 cm³/mol. The molecule has 0 radical (unpaired) electrons. The van der Waals surface area contributed by atoms with E-state index in [4.69, 9.17) is 5.11 Å². The van der Waals surface area contributed by atoms with Gasteiger partial charge in [0.15, 0.2) is 11.0 Å². The third-order valence-corrected chi connectivity index (χ3v) is 5.45. The Morgan fingerprint density at radius 1 is 0.708 bits per heavy atom. The van der Waals surface area contributed by atoms with Crippen molar-refractivity contribution >= 4 is 0 Å². The predicted octanol–water partition coefficient (Wildman–Crippen LogP) is 3.32. The SMILES string of the molecule is CC1(CF)CC2(O)C(F)(F)C(O)(F)C(F)(F)C(C)(C1(F)F)C2(F)F. The maximum Gasteiger partial charge on any atom is 0.345 e. The number of rotatable bonds is 1. The van der Waals surface area contributed by atoms with E-state index < -0.39 is 66.0 Å². The summed E-state index contributed by atoms with van der Waals surface area (Å²) >= 11 is 0. The lowest BCUT2D eigenvalue weighted by Gasteiger charge is -2.67. The summed E-state index contributed by atoms with van der Waals surface area (Å²) in [4.78, 5) is 0. The van der Waals surface area contributed by atoms with Gasteiger partial charge in [-0.05, 0) is 6.92 Å². The Balaban J connectivity index is 3.03. The molecule has 2 aliphatic carbocycles. The van der Waals surface area contributed by atoms with Crippen LogP contribution in [0.4, 0.5) is 43.9 Å². The highest BCUT2D eigenvalue weighted by Crippen LogP contribution is 2.79. The third kappa shape index (κ3) is 1.35. The van der Waals surface area contributed by atoms with Crippen molar-refractivity contribution in [3.8, 4) is 0 Å². The van der Waals surface area contributed by atoms with Crippen molar-refractivity contribution in [1.29, 1.82) is 0 Å². The molecule has 2 rings (SSSR count). The minimum absolute atomic E-state index is 0.0974. The number of alkyl halides is 10. The summed E-state index contributed by atoms with van der Waals surface area (Å²) in [7, 11) is 0. The smallest absolute Gasteiger partial charge is 0.345 e. The molecule has 2 N–H and O–H groups in total. The van der Waals surface area contributed by atoms with Crippen LogP contribution in [-0.2, 0) is 0 Å². The molecule has 2 fully saturated rings. The van der Waals surface area contributed by atoms with Crippen LogP contribution in [0.3, 0.4) is 0 Å². The van der Waals surface area contributed by atoms with Crippen LogP contribution >= 0.6 is 0 Å². The van der Waals surface area contributed by atoms with E-state index in [1.54, 1.807) is 0 Å². The standard InChI is InChI=1S/C12H12F10O2/c1-5(4-13)3-7(23)9(16,17)6(2,8(5,14)15)10(18,19)12(22,24)11(7,20)21/h23-24H,3-4H2,1-2H3. The first-order chi connectivity index (χ1) is 10.3. The molecule has 0 heterocycles. The zero-order valence-electron chi connectivity index (χ0n) is 12.1. The topological polar surface area (TPSA) is 40.5 Å². The first-order valence-electron chi connectivity index (χ1n) is 6.48. The highest BCUT2D eigenvalue weighted by molar-refractivity contribution is 5.34. The minimum Gasteiger partial charge on any atom is -0.378 e. The highest BCUT2D eigenvalue weighted by Gasteiger charge is 3.02. The van der Waals surface area contributed by atoms with Crippen LogP contribution in [0, 0.1) is 10.8 Å². The van der Waals surface area contributed by atoms with Gasteiger partial charge in [0.05, 0.1) is 5.41 Å². The molecule has 142 valence electrons. The van der Waals surface area contributed by atoms with Crippen molar-refractivity contribution in [2.75, 3.05) is 6.67 Å². The summed E-state index contributed by atoms with van der Waals surface area (Å²) in [5.41, 5.74) is -14.1. The molecular weight excluding hydrogens is 366 g/mol. The molecule has 0 saturated heterocycles. The zero-order valence-corrected chi connectivity index (χ0v) is 12.1. The molecule has 24 heavy (non-hydrogen) atoms. The van der Waals surface area contributed by atoms with Crippen LogP contribution in [0.1, 0.15) is 20.3 Å². The summed E-state index contributed by atoms with van der Waals surface area (Å²) in [5, 5.41) is 18.5. The minimum atomic E-state index is -6.44. The van der Waals surface area contributed by atoms with E-state index >= 15 is 0 Å². The van der Waals surface area contributed by atoms with Gasteiger partial charge in [0.1, 0.15) is 6.67 Å². The molecule has 4 unspecified atom stereocenters. The maximum absolute atomic E-state index is 14.4. The lowest BCUT2D eigenvalue weighted by Crippen LogP contribution is -2.92. The van der Waals surface area contributed by atoms with Crippen LogP contribution in [0.2, 0.25) is 0 Å². The van der Waals surface area contributed by atoms with E-state index in [-0.39, 0.29) is 6.92 Å². The number of fused-ring (bicyclic) bond motifs is 2. The van der Waals surface area contributed by atoms with E-state index in [0.717, 1.165) is 0 Å². The van der Waals surface area contributed by atoms with Crippen molar-refractivity contribution < 1.29 is 54.1 Å². The monoisotopic (exact) mass is 378 g/mol. The fourth-order valence-electron chi connectivity index (χ4n) is 3.64. The molecule has 0 amide bonds. The van der Waals surface area contributed by atoms with Gasteiger partial charge >= 0.3 is 17.7 Å². The molecule has 4 atom stereocenters. The Morgan fingerprint density at radius 2 is 1.12 bits per heavy atom. The van der Waals surface area contributed by atoms with Crippen LogP contribution < -0.4 is 0 Å². The maximum atomic E-state index is 14.4. The molecule has 0 aromatic rings. The molecule has 12 heteroatoms. The van der Waals surface area contributed by atoms with E-state index in [9.17, 15) is 49.0 Å². The normalized spacial score (nSPS) is 51.2. The van der Waals surface area contributed by atoms with Gasteiger partial charge in [-0.1, -0.05) is 6.92 Å². The summed E-state index contributed by atoms with van der Waals surface area (Å²) in [6, 6.07) is 0. The Bertz CT molecular complexity index is 566. The number of halogens is 10. The average molecular weight is 378 g/mol. The first-order valence-corrected chi connectivity index (χ1v) is 6.48. The Labute approximate surface area is 128 Å². The van der Waals surface area contributed by atoms with Crippen LogP contribution in [0.25, 0.3) is 0 Å². The number of aliphatic hydroxyl groups is 2. The molecule has 2 bridgehead atoms. The van der Waals surface area contributed by atoms with Crippen LogP contribution in [-0.4, -0.2) is 52.0 Å². The lowest BCUT2D eigenvalue weighted by molar-refractivity contribution is -0.538. The van der Waals surface area contributed by atoms with Crippen molar-refractivity contribution in [2.24, 2.45) is 10.8 Å². The molecular formula is C12H12F10O2. The molecule has 2 aliphatic rings. The lowest BCUT2D eigenvalue weighted by atomic mass is 9.45. The van der Waals surface area contributed by atoms with Crippen molar-refractivity contribution in [2.45, 2.75) is 55.4 Å². The Kier molecular flexibility index (Phi) is 3.36. The second-order valence-corrected chi connectivity index (χ2v) is 6.78. The quantitative estimate of drug-likeness (QED) is 0.688. The Hall–Kier alpha value is -0.780. The van der Waals surface area contributed by atoms with Gasteiger partial charge in [0.2, 0.25) is 0 Å². The average Bonchev–Trinajstić information content (AvgIpc) is 2.42. The van der Waals surface area contributed by atoms with Gasteiger partial charge in [-0.25, -0.2) is 17.6 Å². The second kappa shape index (κ2) is 4.13. The highest BCUT2D eigenvalue weighted by atomic mass is 19.3. The van der Waals surface area contributed by atoms with Gasteiger partial charge < -0.3 is 10.2 Å². The largest absolute Gasteiger partial charge is 0.378 e. The van der Waals surface area contributed by atoms with Gasteiger partial charge in [-0.2, -0.15) is 22.0 Å². The summed E-state index contributed by atoms with van der Waals surface area (Å²) in [6.45, 7) is -2.91. The molecule has 0 aliphatic heterocycles. The second-order valence-electron chi connectivity index (χ2n) is 6.78. The van der Waals surface area contributed by atoms with E-state index in [1.807, 2.05) is 0 Å². The zero-order chi connectivity index (χ0) is 19.4. The van der Waals surface area contributed by atoms with Gasteiger partial charge in [0, 0.05) is 6.42 Å². The third-order valence-electron chi connectivity index (χ3n) is 5.45. The number of hydrogen-bond donors (Lipinski definition) is 2. The molecule has 0 spiro atoms. The fraction of sp³-hybridized carbons (Fsp3) is 1.00. The number of hydrogen-bond acceptors (Lipinski definition) is 2. The first kappa shape index (κ1) is 19.5. The molecule has 0 aromatic carbocycles. The summed E-state index contributed by atoms with van der Waals surface area (Å²) < 4.78 is 140.